The van der Waals surface area contributed by atoms with Crippen molar-refractivity contribution < 1.29 is 9.53 Å². The molecule has 1 aliphatic heterocycles. The lowest BCUT2D eigenvalue weighted by Crippen LogP contribution is -2.32. The summed E-state index contributed by atoms with van der Waals surface area (Å²) in [6, 6.07) is 6.25. The second-order valence-corrected chi connectivity index (χ2v) is 5.44. The molecule has 3 rings (SSSR count). The molecule has 0 aromatic heterocycles. The second kappa shape index (κ2) is 4.76. The van der Waals surface area contributed by atoms with Crippen LogP contribution in [0.15, 0.2) is 18.2 Å². The van der Waals surface area contributed by atoms with Gasteiger partial charge < -0.3 is 15.4 Å². The first-order valence-electron chi connectivity index (χ1n) is 7.03. The first kappa shape index (κ1) is 12.3. The van der Waals surface area contributed by atoms with Gasteiger partial charge in [0.2, 0.25) is 0 Å². The largest absolute Gasteiger partial charge is 0.462 e. The molecule has 2 atom stereocenters. The zero-order valence-corrected chi connectivity index (χ0v) is 11.3. The molecule has 1 aliphatic carbocycles. The number of carbonyl (C=O) groups is 1. The molecule has 2 N–H and O–H groups in total. The Balaban J connectivity index is 1.90. The summed E-state index contributed by atoms with van der Waals surface area (Å²) in [5.41, 5.74) is 8.23. The summed E-state index contributed by atoms with van der Waals surface area (Å²) in [4.78, 5) is 14.2. The van der Waals surface area contributed by atoms with Crippen LogP contribution < -0.4 is 10.6 Å². The molecule has 4 heteroatoms. The predicted molar refractivity (Wildman–Crippen MR) is 75.3 cm³/mol. The van der Waals surface area contributed by atoms with Gasteiger partial charge in [-0.15, -0.1) is 0 Å². The second-order valence-electron chi connectivity index (χ2n) is 5.44. The first-order chi connectivity index (χ1) is 9.20. The highest BCUT2D eigenvalue weighted by Gasteiger charge is 2.38. The molecule has 2 aliphatic rings. The lowest BCUT2D eigenvalue weighted by Gasteiger charge is -2.30. The molecule has 2 bridgehead atoms. The Morgan fingerprint density at radius 2 is 2.32 bits per heavy atom. The Morgan fingerprint density at radius 3 is 2.95 bits per heavy atom. The number of hydrogen-bond donors (Lipinski definition) is 1. The average molecular weight is 260 g/mol. The minimum Gasteiger partial charge on any atom is -0.462 e. The standard InChI is InChI=1S/C15H20N2O2/c1-2-19-15(18)12-4-3-5-13(14(12)16)17-9-10-6-7-11(17)8-10/h3-5,10-11H,2,6-9,16H2,1H3. The van der Waals surface area contributed by atoms with Crippen molar-refractivity contribution in [2.75, 3.05) is 23.8 Å². The maximum Gasteiger partial charge on any atom is 0.340 e. The fourth-order valence-corrected chi connectivity index (χ4v) is 3.41. The molecule has 19 heavy (non-hydrogen) atoms. The molecule has 0 spiro atoms. The van der Waals surface area contributed by atoms with Crippen LogP contribution >= 0.6 is 0 Å². The third kappa shape index (κ3) is 2.05. The third-order valence-electron chi connectivity index (χ3n) is 4.30. The third-order valence-corrected chi connectivity index (χ3v) is 4.30. The fraction of sp³-hybridized carbons (Fsp3) is 0.533. The van der Waals surface area contributed by atoms with Crippen molar-refractivity contribution >= 4 is 17.3 Å². The van der Waals surface area contributed by atoms with E-state index in [9.17, 15) is 4.79 Å². The van der Waals surface area contributed by atoms with Crippen molar-refractivity contribution in [1.82, 2.24) is 0 Å². The van der Waals surface area contributed by atoms with Crippen LogP contribution in [-0.4, -0.2) is 25.2 Å². The SMILES string of the molecule is CCOC(=O)c1cccc(N2CC3CCC2C3)c1N. The molecule has 0 amide bonds. The first-order valence-corrected chi connectivity index (χ1v) is 7.03. The van der Waals surface area contributed by atoms with E-state index in [0.717, 1.165) is 18.2 Å². The van der Waals surface area contributed by atoms with Crippen molar-refractivity contribution in [3.8, 4) is 0 Å². The Bertz CT molecular complexity index is 501. The highest BCUT2D eigenvalue weighted by Crippen LogP contribution is 2.42. The summed E-state index contributed by atoms with van der Waals surface area (Å²) in [6.07, 6.45) is 3.84. The minimum absolute atomic E-state index is 0.328. The van der Waals surface area contributed by atoms with Crippen LogP contribution in [0.4, 0.5) is 11.4 Å². The van der Waals surface area contributed by atoms with Gasteiger partial charge in [0, 0.05) is 12.6 Å². The zero-order chi connectivity index (χ0) is 13.4. The maximum atomic E-state index is 11.9. The topological polar surface area (TPSA) is 55.6 Å². The van der Waals surface area contributed by atoms with Gasteiger partial charge in [0.25, 0.3) is 0 Å². The van der Waals surface area contributed by atoms with Gasteiger partial charge in [0.15, 0.2) is 0 Å². The molecule has 1 aromatic carbocycles. The highest BCUT2D eigenvalue weighted by molar-refractivity contribution is 5.98. The number of ether oxygens (including phenoxy) is 1. The minimum atomic E-state index is -0.328. The van der Waals surface area contributed by atoms with E-state index in [1.165, 1.54) is 19.3 Å². The number of anilines is 2. The zero-order valence-electron chi connectivity index (χ0n) is 11.3. The van der Waals surface area contributed by atoms with E-state index in [1.807, 2.05) is 12.1 Å². The molecule has 102 valence electrons. The number of para-hydroxylation sites is 1. The molecular formula is C15H20N2O2. The van der Waals surface area contributed by atoms with Crippen LogP contribution in [0.5, 0.6) is 0 Å². The number of piperidine rings is 1. The summed E-state index contributed by atoms with van der Waals surface area (Å²) in [6.45, 7) is 3.25. The molecule has 1 saturated heterocycles. The fourth-order valence-electron chi connectivity index (χ4n) is 3.41. The van der Waals surface area contributed by atoms with Crippen LogP contribution in [0.1, 0.15) is 36.5 Å². The van der Waals surface area contributed by atoms with Crippen LogP contribution in [0.3, 0.4) is 0 Å². The van der Waals surface area contributed by atoms with E-state index in [2.05, 4.69) is 4.90 Å². The molecule has 4 nitrogen and oxygen atoms in total. The number of nitrogen functional groups attached to an aromatic ring is 1. The van der Waals surface area contributed by atoms with E-state index in [0.29, 0.717) is 23.9 Å². The van der Waals surface area contributed by atoms with E-state index in [1.54, 1.807) is 13.0 Å². The van der Waals surface area contributed by atoms with E-state index in [4.69, 9.17) is 10.5 Å². The summed E-state index contributed by atoms with van der Waals surface area (Å²) >= 11 is 0. The number of hydrogen-bond acceptors (Lipinski definition) is 4. The molecule has 0 radical (unpaired) electrons. The number of rotatable bonds is 3. The van der Waals surface area contributed by atoms with Crippen LogP contribution in [0.2, 0.25) is 0 Å². The van der Waals surface area contributed by atoms with Crippen molar-refractivity contribution in [1.29, 1.82) is 0 Å². The highest BCUT2D eigenvalue weighted by atomic mass is 16.5. The lowest BCUT2D eigenvalue weighted by atomic mass is 10.1. The summed E-state index contributed by atoms with van der Waals surface area (Å²) < 4.78 is 5.05. The van der Waals surface area contributed by atoms with Crippen molar-refractivity contribution in [2.45, 2.75) is 32.2 Å². The van der Waals surface area contributed by atoms with Gasteiger partial charge in [-0.25, -0.2) is 4.79 Å². The van der Waals surface area contributed by atoms with Gasteiger partial charge in [-0.1, -0.05) is 6.07 Å². The number of esters is 1. The number of fused-ring (bicyclic) bond motifs is 2. The monoisotopic (exact) mass is 260 g/mol. The Kier molecular flexibility index (Phi) is 3.09. The van der Waals surface area contributed by atoms with Gasteiger partial charge in [0.05, 0.1) is 23.5 Å². The van der Waals surface area contributed by atoms with Gasteiger partial charge >= 0.3 is 5.97 Å². The van der Waals surface area contributed by atoms with Gasteiger partial charge in [-0.05, 0) is 44.2 Å². The Morgan fingerprint density at radius 1 is 1.47 bits per heavy atom. The van der Waals surface area contributed by atoms with E-state index >= 15 is 0 Å². The smallest absolute Gasteiger partial charge is 0.340 e. The molecule has 1 aromatic rings. The number of nitrogens with two attached hydrogens (primary N) is 1. The summed E-state index contributed by atoms with van der Waals surface area (Å²) in [5.74, 6) is 0.474. The molecular weight excluding hydrogens is 240 g/mol. The quantitative estimate of drug-likeness (QED) is 0.670. The van der Waals surface area contributed by atoms with Crippen molar-refractivity contribution in [3.63, 3.8) is 0 Å². The van der Waals surface area contributed by atoms with Crippen molar-refractivity contribution in [3.05, 3.63) is 23.8 Å². The van der Waals surface area contributed by atoms with Gasteiger partial charge in [-0.3, -0.25) is 0 Å². The normalized spacial score (nSPS) is 24.8. The predicted octanol–water partition coefficient (Wildman–Crippen LogP) is 2.43. The number of benzene rings is 1. The molecule has 2 fully saturated rings. The van der Waals surface area contributed by atoms with Gasteiger partial charge in [-0.2, -0.15) is 0 Å². The number of carbonyl (C=O) groups excluding carboxylic acids is 1. The average Bonchev–Trinajstić information content (AvgIpc) is 3.01. The lowest BCUT2D eigenvalue weighted by molar-refractivity contribution is 0.0527. The molecule has 1 heterocycles. The molecule has 1 saturated carbocycles. The summed E-state index contributed by atoms with van der Waals surface area (Å²) in [7, 11) is 0. The van der Waals surface area contributed by atoms with E-state index in [-0.39, 0.29) is 5.97 Å². The van der Waals surface area contributed by atoms with Crippen LogP contribution in [-0.2, 0) is 4.74 Å². The van der Waals surface area contributed by atoms with Crippen LogP contribution in [0, 0.1) is 5.92 Å². The Labute approximate surface area is 113 Å². The number of nitrogens with zero attached hydrogens (tertiary/aromatic N) is 1. The maximum absolute atomic E-state index is 11.9. The molecule has 2 unspecified atom stereocenters. The van der Waals surface area contributed by atoms with Crippen LogP contribution in [0.25, 0.3) is 0 Å². The van der Waals surface area contributed by atoms with Crippen molar-refractivity contribution in [2.24, 2.45) is 5.92 Å². The van der Waals surface area contributed by atoms with E-state index < -0.39 is 0 Å². The Hall–Kier alpha value is -1.71. The van der Waals surface area contributed by atoms with Gasteiger partial charge in [0.1, 0.15) is 0 Å². The summed E-state index contributed by atoms with van der Waals surface area (Å²) in [5, 5.41) is 0.